The molecule has 2 aliphatic rings. The molecule has 2 heteroatoms. The van der Waals surface area contributed by atoms with Gasteiger partial charge in [0.25, 0.3) is 0 Å². The van der Waals surface area contributed by atoms with E-state index >= 15 is 0 Å². The molecule has 0 spiro atoms. The van der Waals surface area contributed by atoms with Crippen molar-refractivity contribution in [3.05, 3.63) is 11.6 Å². The van der Waals surface area contributed by atoms with E-state index in [9.17, 15) is 4.79 Å². The molecule has 2 nitrogen and oxygen atoms in total. The van der Waals surface area contributed by atoms with Crippen LogP contribution in [0.1, 0.15) is 52.4 Å². The average molecular weight is 208 g/mol. The van der Waals surface area contributed by atoms with Gasteiger partial charge in [0.05, 0.1) is 0 Å². The van der Waals surface area contributed by atoms with E-state index in [0.717, 1.165) is 12.8 Å². The summed E-state index contributed by atoms with van der Waals surface area (Å²) in [5, 5.41) is 0. The Morgan fingerprint density at radius 1 is 1.47 bits per heavy atom. The maximum absolute atomic E-state index is 11.0. The van der Waals surface area contributed by atoms with Crippen molar-refractivity contribution < 1.29 is 9.53 Å². The van der Waals surface area contributed by atoms with Crippen molar-refractivity contribution in [3.63, 3.8) is 0 Å². The van der Waals surface area contributed by atoms with Crippen LogP contribution >= 0.6 is 0 Å². The molecule has 0 radical (unpaired) electrons. The number of ether oxygens (including phenoxy) is 1. The topological polar surface area (TPSA) is 26.3 Å². The molecule has 0 heterocycles. The highest BCUT2D eigenvalue weighted by atomic mass is 16.5. The molecule has 2 atom stereocenters. The molecule has 84 valence electrons. The lowest BCUT2D eigenvalue weighted by Crippen LogP contribution is -2.36. The molecule has 0 saturated heterocycles. The van der Waals surface area contributed by atoms with Gasteiger partial charge in [-0.1, -0.05) is 13.0 Å². The fourth-order valence-corrected chi connectivity index (χ4v) is 3.09. The summed E-state index contributed by atoms with van der Waals surface area (Å²) in [5.74, 6) is -0.143. The minimum Gasteiger partial charge on any atom is -0.458 e. The van der Waals surface area contributed by atoms with Crippen LogP contribution in [0.3, 0.4) is 0 Å². The molecule has 2 rings (SSSR count). The van der Waals surface area contributed by atoms with Gasteiger partial charge in [-0.3, -0.25) is 4.79 Å². The number of hydrogen-bond acceptors (Lipinski definition) is 2. The summed E-state index contributed by atoms with van der Waals surface area (Å²) >= 11 is 0. The van der Waals surface area contributed by atoms with Gasteiger partial charge in [-0.25, -0.2) is 0 Å². The predicted molar refractivity (Wildman–Crippen MR) is 59.4 cm³/mol. The lowest BCUT2D eigenvalue weighted by atomic mass is 9.65. The SMILES string of the molecule is CC(=O)O[C@@H]1CCC[C@@]2(C)CCCC=C12. The van der Waals surface area contributed by atoms with E-state index < -0.39 is 0 Å². The molecular formula is C13H20O2. The highest BCUT2D eigenvalue weighted by molar-refractivity contribution is 5.66. The van der Waals surface area contributed by atoms with Crippen molar-refractivity contribution in [2.24, 2.45) is 5.41 Å². The Balaban J connectivity index is 2.19. The van der Waals surface area contributed by atoms with Gasteiger partial charge in [0.2, 0.25) is 0 Å². The second kappa shape index (κ2) is 3.99. The van der Waals surface area contributed by atoms with Crippen LogP contribution < -0.4 is 0 Å². The van der Waals surface area contributed by atoms with E-state index in [-0.39, 0.29) is 12.1 Å². The summed E-state index contributed by atoms with van der Waals surface area (Å²) < 4.78 is 5.42. The third-order valence-electron chi connectivity index (χ3n) is 3.84. The van der Waals surface area contributed by atoms with Gasteiger partial charge in [0, 0.05) is 6.92 Å². The molecule has 0 amide bonds. The van der Waals surface area contributed by atoms with E-state index in [2.05, 4.69) is 13.0 Å². The summed E-state index contributed by atoms with van der Waals surface area (Å²) in [6, 6.07) is 0. The number of fused-ring (bicyclic) bond motifs is 1. The second-order valence-electron chi connectivity index (χ2n) is 5.10. The summed E-state index contributed by atoms with van der Waals surface area (Å²) in [4.78, 5) is 11.0. The zero-order valence-electron chi connectivity index (χ0n) is 9.71. The number of carbonyl (C=O) groups excluding carboxylic acids is 1. The minimum atomic E-state index is -0.143. The van der Waals surface area contributed by atoms with Crippen molar-refractivity contribution in [2.75, 3.05) is 0 Å². The van der Waals surface area contributed by atoms with Crippen LogP contribution in [0, 0.1) is 5.41 Å². The number of allylic oxidation sites excluding steroid dienone is 1. The standard InChI is InChI=1S/C13H20O2/c1-10(14)15-12-7-5-9-13(2)8-4-3-6-11(12)13/h6,12H,3-5,7-9H2,1-2H3/t12-,13-/m1/s1. The molecular weight excluding hydrogens is 188 g/mol. The predicted octanol–water partition coefficient (Wildman–Crippen LogP) is 3.22. The van der Waals surface area contributed by atoms with Crippen molar-refractivity contribution in [1.82, 2.24) is 0 Å². The molecule has 1 fully saturated rings. The first-order chi connectivity index (χ1) is 7.12. The maximum Gasteiger partial charge on any atom is 0.303 e. The molecule has 0 unspecified atom stereocenters. The second-order valence-corrected chi connectivity index (χ2v) is 5.10. The van der Waals surface area contributed by atoms with E-state index in [1.54, 1.807) is 0 Å². The molecule has 0 aromatic carbocycles. The number of rotatable bonds is 1. The van der Waals surface area contributed by atoms with Crippen molar-refractivity contribution in [1.29, 1.82) is 0 Å². The van der Waals surface area contributed by atoms with Gasteiger partial charge < -0.3 is 4.74 Å². The Labute approximate surface area is 91.7 Å². The smallest absolute Gasteiger partial charge is 0.303 e. The third-order valence-corrected chi connectivity index (χ3v) is 3.84. The lowest BCUT2D eigenvalue weighted by Gasteiger charge is -2.43. The van der Waals surface area contributed by atoms with Crippen LogP contribution in [-0.4, -0.2) is 12.1 Å². The molecule has 2 aliphatic carbocycles. The quantitative estimate of drug-likeness (QED) is 0.488. The number of hydrogen-bond donors (Lipinski definition) is 0. The largest absolute Gasteiger partial charge is 0.458 e. The Morgan fingerprint density at radius 2 is 2.20 bits per heavy atom. The monoisotopic (exact) mass is 208 g/mol. The van der Waals surface area contributed by atoms with Crippen LogP contribution in [0.5, 0.6) is 0 Å². The van der Waals surface area contributed by atoms with Gasteiger partial charge in [-0.05, 0) is 49.5 Å². The van der Waals surface area contributed by atoms with E-state index in [0.29, 0.717) is 5.41 Å². The maximum atomic E-state index is 11.0. The molecule has 0 aromatic rings. The summed E-state index contributed by atoms with van der Waals surface area (Å²) in [5.41, 5.74) is 1.71. The first kappa shape index (κ1) is 10.7. The molecule has 0 bridgehead atoms. The minimum absolute atomic E-state index is 0.0709. The van der Waals surface area contributed by atoms with Gasteiger partial charge in [-0.15, -0.1) is 0 Å². The van der Waals surface area contributed by atoms with Crippen LogP contribution in [0.4, 0.5) is 0 Å². The summed E-state index contributed by atoms with van der Waals surface area (Å²) in [6.45, 7) is 3.84. The first-order valence-corrected chi connectivity index (χ1v) is 5.99. The van der Waals surface area contributed by atoms with Gasteiger partial charge >= 0.3 is 5.97 Å². The Hall–Kier alpha value is -0.790. The molecule has 15 heavy (non-hydrogen) atoms. The molecule has 1 saturated carbocycles. The van der Waals surface area contributed by atoms with Gasteiger partial charge in [-0.2, -0.15) is 0 Å². The van der Waals surface area contributed by atoms with Crippen molar-refractivity contribution in [3.8, 4) is 0 Å². The van der Waals surface area contributed by atoms with Crippen LogP contribution in [0.15, 0.2) is 11.6 Å². The highest BCUT2D eigenvalue weighted by Crippen LogP contribution is 2.47. The Bertz CT molecular complexity index is 293. The fraction of sp³-hybridized carbons (Fsp3) is 0.769. The fourth-order valence-electron chi connectivity index (χ4n) is 3.09. The highest BCUT2D eigenvalue weighted by Gasteiger charge is 2.39. The average Bonchev–Trinajstić information content (AvgIpc) is 2.16. The van der Waals surface area contributed by atoms with Crippen molar-refractivity contribution >= 4 is 5.97 Å². The third kappa shape index (κ3) is 2.09. The number of carbonyl (C=O) groups is 1. The van der Waals surface area contributed by atoms with Gasteiger partial charge in [0.15, 0.2) is 0 Å². The molecule has 0 N–H and O–H groups in total. The van der Waals surface area contributed by atoms with Crippen LogP contribution in [-0.2, 0) is 9.53 Å². The lowest BCUT2D eigenvalue weighted by molar-refractivity contribution is -0.146. The van der Waals surface area contributed by atoms with Crippen molar-refractivity contribution in [2.45, 2.75) is 58.5 Å². The summed E-state index contributed by atoms with van der Waals surface area (Å²) in [6.07, 6.45) is 9.55. The van der Waals surface area contributed by atoms with Crippen LogP contribution in [0.2, 0.25) is 0 Å². The Kier molecular flexibility index (Phi) is 2.85. The first-order valence-electron chi connectivity index (χ1n) is 5.99. The summed E-state index contributed by atoms with van der Waals surface area (Å²) in [7, 11) is 0. The van der Waals surface area contributed by atoms with Gasteiger partial charge in [0.1, 0.15) is 6.10 Å². The Morgan fingerprint density at radius 3 is 2.93 bits per heavy atom. The zero-order valence-corrected chi connectivity index (χ0v) is 9.71. The van der Waals surface area contributed by atoms with E-state index in [1.165, 1.54) is 38.2 Å². The zero-order chi connectivity index (χ0) is 10.9. The molecule has 0 aliphatic heterocycles. The van der Waals surface area contributed by atoms with Crippen LogP contribution in [0.25, 0.3) is 0 Å². The normalized spacial score (nSPS) is 35.3. The number of esters is 1. The van der Waals surface area contributed by atoms with E-state index in [4.69, 9.17) is 4.74 Å². The molecule has 0 aromatic heterocycles. The van der Waals surface area contributed by atoms with E-state index in [1.807, 2.05) is 0 Å².